The van der Waals surface area contributed by atoms with E-state index in [4.69, 9.17) is 0 Å². The fourth-order valence-electron chi connectivity index (χ4n) is 3.02. The van der Waals surface area contributed by atoms with Crippen molar-refractivity contribution in [3.8, 4) is 11.9 Å². The second kappa shape index (κ2) is 7.05. The number of pyridine rings is 1. The molecule has 23 heavy (non-hydrogen) atoms. The molecule has 6 nitrogen and oxygen atoms in total. The van der Waals surface area contributed by atoms with E-state index in [0.717, 1.165) is 25.7 Å². The summed E-state index contributed by atoms with van der Waals surface area (Å²) in [7, 11) is 0. The summed E-state index contributed by atoms with van der Waals surface area (Å²) in [6, 6.07) is 8.79. The van der Waals surface area contributed by atoms with E-state index in [1.165, 1.54) is 6.42 Å². The first-order valence-electron chi connectivity index (χ1n) is 7.95. The third-order valence-corrected chi connectivity index (χ3v) is 4.25. The molecule has 2 heterocycles. The number of amides is 1. The van der Waals surface area contributed by atoms with Crippen molar-refractivity contribution in [1.82, 2.24) is 20.1 Å². The number of carbonyl (C=O) groups excluding carboxylic acids is 1. The SMILES string of the molecule is N#CC(NC(=O)c1cccc(-n2cccn2)n1)C1CCCCC1. The topological polar surface area (TPSA) is 83.6 Å². The van der Waals surface area contributed by atoms with Gasteiger partial charge < -0.3 is 5.32 Å². The van der Waals surface area contributed by atoms with Crippen molar-refractivity contribution in [2.24, 2.45) is 5.92 Å². The summed E-state index contributed by atoms with van der Waals surface area (Å²) in [6.45, 7) is 0. The van der Waals surface area contributed by atoms with E-state index in [0.29, 0.717) is 11.5 Å². The molecule has 1 unspecified atom stereocenters. The van der Waals surface area contributed by atoms with E-state index in [-0.39, 0.29) is 11.8 Å². The summed E-state index contributed by atoms with van der Waals surface area (Å²) in [5, 5.41) is 16.3. The van der Waals surface area contributed by atoms with Gasteiger partial charge in [-0.25, -0.2) is 9.67 Å². The van der Waals surface area contributed by atoms with E-state index in [9.17, 15) is 10.1 Å². The average Bonchev–Trinajstić information content (AvgIpc) is 3.15. The van der Waals surface area contributed by atoms with Crippen molar-refractivity contribution in [3.63, 3.8) is 0 Å². The number of carbonyl (C=O) groups is 1. The molecule has 118 valence electrons. The molecule has 1 aliphatic carbocycles. The zero-order valence-electron chi connectivity index (χ0n) is 12.9. The fraction of sp³-hybridized carbons (Fsp3) is 0.412. The Balaban J connectivity index is 1.72. The Labute approximate surface area is 135 Å². The van der Waals surface area contributed by atoms with Crippen LogP contribution in [0.25, 0.3) is 5.82 Å². The number of rotatable bonds is 4. The van der Waals surface area contributed by atoms with Gasteiger partial charge in [-0.3, -0.25) is 4.79 Å². The Morgan fingerprint density at radius 3 is 2.83 bits per heavy atom. The lowest BCUT2D eigenvalue weighted by molar-refractivity contribution is 0.0924. The van der Waals surface area contributed by atoms with Gasteiger partial charge in [-0.2, -0.15) is 10.4 Å². The zero-order valence-corrected chi connectivity index (χ0v) is 12.9. The molecule has 0 spiro atoms. The molecule has 1 saturated carbocycles. The lowest BCUT2D eigenvalue weighted by atomic mass is 9.84. The molecule has 1 aliphatic rings. The minimum atomic E-state index is -0.446. The molecule has 6 heteroatoms. The second-order valence-electron chi connectivity index (χ2n) is 5.81. The summed E-state index contributed by atoms with van der Waals surface area (Å²) >= 11 is 0. The minimum absolute atomic E-state index is 0.243. The van der Waals surface area contributed by atoms with Crippen LogP contribution in [0.5, 0.6) is 0 Å². The van der Waals surface area contributed by atoms with Crippen LogP contribution >= 0.6 is 0 Å². The quantitative estimate of drug-likeness (QED) is 0.940. The molecule has 0 radical (unpaired) electrons. The Morgan fingerprint density at radius 1 is 1.30 bits per heavy atom. The molecule has 3 rings (SSSR count). The number of hydrogen-bond acceptors (Lipinski definition) is 4. The van der Waals surface area contributed by atoms with Gasteiger partial charge in [0.15, 0.2) is 5.82 Å². The molecule has 2 aromatic rings. The molecule has 0 saturated heterocycles. The van der Waals surface area contributed by atoms with Gasteiger partial charge in [0.25, 0.3) is 5.91 Å². The molecule has 1 N–H and O–H groups in total. The summed E-state index contributed by atoms with van der Waals surface area (Å²) in [4.78, 5) is 16.8. The van der Waals surface area contributed by atoms with E-state index in [1.807, 2.05) is 0 Å². The van der Waals surface area contributed by atoms with E-state index in [1.54, 1.807) is 41.3 Å². The maximum absolute atomic E-state index is 12.4. The van der Waals surface area contributed by atoms with E-state index < -0.39 is 6.04 Å². The Kier molecular flexibility index (Phi) is 4.67. The van der Waals surface area contributed by atoms with Crippen LogP contribution in [0.3, 0.4) is 0 Å². The molecule has 1 amide bonds. The highest BCUT2D eigenvalue weighted by atomic mass is 16.1. The lowest BCUT2D eigenvalue weighted by Crippen LogP contribution is -2.40. The van der Waals surface area contributed by atoms with Crippen molar-refractivity contribution in [3.05, 3.63) is 42.4 Å². The normalized spacial score (nSPS) is 16.5. The first kappa shape index (κ1) is 15.2. The van der Waals surface area contributed by atoms with E-state index >= 15 is 0 Å². The number of hydrogen-bond donors (Lipinski definition) is 1. The van der Waals surface area contributed by atoms with Gasteiger partial charge in [0, 0.05) is 12.4 Å². The van der Waals surface area contributed by atoms with Crippen LogP contribution in [0.1, 0.15) is 42.6 Å². The zero-order chi connectivity index (χ0) is 16.1. The smallest absolute Gasteiger partial charge is 0.271 e. The maximum atomic E-state index is 12.4. The monoisotopic (exact) mass is 309 g/mol. The van der Waals surface area contributed by atoms with Crippen LogP contribution in [-0.2, 0) is 0 Å². The highest BCUT2D eigenvalue weighted by Gasteiger charge is 2.25. The van der Waals surface area contributed by atoms with Crippen molar-refractivity contribution in [2.75, 3.05) is 0 Å². The molecule has 1 atom stereocenters. The maximum Gasteiger partial charge on any atom is 0.271 e. The summed E-state index contributed by atoms with van der Waals surface area (Å²) in [6.07, 6.45) is 8.90. The predicted molar refractivity (Wildman–Crippen MR) is 84.8 cm³/mol. The van der Waals surface area contributed by atoms with E-state index in [2.05, 4.69) is 21.5 Å². The van der Waals surface area contributed by atoms with Crippen molar-refractivity contribution < 1.29 is 4.79 Å². The Morgan fingerprint density at radius 2 is 2.13 bits per heavy atom. The number of nitrogens with one attached hydrogen (secondary N) is 1. The molecule has 0 bridgehead atoms. The Bertz CT molecular complexity index is 698. The average molecular weight is 309 g/mol. The van der Waals surface area contributed by atoms with Gasteiger partial charge in [0.2, 0.25) is 0 Å². The number of nitriles is 1. The van der Waals surface area contributed by atoms with Crippen LogP contribution < -0.4 is 5.32 Å². The molecular weight excluding hydrogens is 290 g/mol. The van der Waals surface area contributed by atoms with Gasteiger partial charge in [-0.05, 0) is 37.0 Å². The minimum Gasteiger partial charge on any atom is -0.335 e. The Hall–Kier alpha value is -2.68. The molecule has 0 aliphatic heterocycles. The highest BCUT2D eigenvalue weighted by Crippen LogP contribution is 2.26. The first-order valence-corrected chi connectivity index (χ1v) is 7.95. The largest absolute Gasteiger partial charge is 0.335 e. The first-order chi connectivity index (χ1) is 11.3. The third-order valence-electron chi connectivity index (χ3n) is 4.25. The molecule has 2 aromatic heterocycles. The number of aromatic nitrogens is 3. The van der Waals surface area contributed by atoms with Gasteiger partial charge in [0.05, 0.1) is 6.07 Å². The summed E-state index contributed by atoms with van der Waals surface area (Å²) in [5.74, 6) is 0.511. The van der Waals surface area contributed by atoms with Crippen LogP contribution in [0.15, 0.2) is 36.7 Å². The highest BCUT2D eigenvalue weighted by molar-refractivity contribution is 5.92. The van der Waals surface area contributed by atoms with Crippen molar-refractivity contribution >= 4 is 5.91 Å². The molecule has 1 fully saturated rings. The standard InChI is InChI=1S/C17H19N5O/c18-12-15(13-6-2-1-3-7-13)21-17(23)14-8-4-9-16(20-14)22-11-5-10-19-22/h4-5,8-11,13,15H,1-3,6-7H2,(H,21,23). The number of nitrogens with zero attached hydrogens (tertiary/aromatic N) is 4. The van der Waals surface area contributed by atoms with Gasteiger partial charge in [-0.15, -0.1) is 0 Å². The summed E-state index contributed by atoms with van der Waals surface area (Å²) in [5.41, 5.74) is 0.300. The molecular formula is C17H19N5O. The third kappa shape index (κ3) is 3.57. The van der Waals surface area contributed by atoms with Crippen LogP contribution in [0, 0.1) is 17.2 Å². The van der Waals surface area contributed by atoms with Crippen molar-refractivity contribution in [2.45, 2.75) is 38.1 Å². The van der Waals surface area contributed by atoms with Gasteiger partial charge in [-0.1, -0.05) is 25.3 Å². The van der Waals surface area contributed by atoms with Crippen LogP contribution in [-0.4, -0.2) is 26.7 Å². The van der Waals surface area contributed by atoms with Gasteiger partial charge >= 0.3 is 0 Å². The predicted octanol–water partition coefficient (Wildman–Crippen LogP) is 2.47. The van der Waals surface area contributed by atoms with Crippen molar-refractivity contribution in [1.29, 1.82) is 5.26 Å². The fourth-order valence-corrected chi connectivity index (χ4v) is 3.02. The summed E-state index contributed by atoms with van der Waals surface area (Å²) < 4.78 is 1.60. The molecule has 0 aromatic carbocycles. The van der Waals surface area contributed by atoms with Gasteiger partial charge in [0.1, 0.15) is 11.7 Å². The van der Waals surface area contributed by atoms with Crippen LogP contribution in [0.4, 0.5) is 0 Å². The van der Waals surface area contributed by atoms with Crippen LogP contribution in [0.2, 0.25) is 0 Å². The lowest BCUT2D eigenvalue weighted by Gasteiger charge is -2.26. The second-order valence-corrected chi connectivity index (χ2v) is 5.81.